The van der Waals surface area contributed by atoms with Crippen LogP contribution in [0.4, 0.5) is 0 Å². The van der Waals surface area contributed by atoms with Gasteiger partial charge in [0.1, 0.15) is 0 Å². The summed E-state index contributed by atoms with van der Waals surface area (Å²) in [6.45, 7) is 2.19. The first kappa shape index (κ1) is 21.1. The molecule has 0 spiro atoms. The Labute approximate surface area is 166 Å². The van der Waals surface area contributed by atoms with Crippen LogP contribution in [0.15, 0.2) is 76.7 Å². The van der Waals surface area contributed by atoms with Crippen molar-refractivity contribution in [3.05, 3.63) is 82.3 Å². The van der Waals surface area contributed by atoms with Crippen molar-refractivity contribution >= 4 is 21.8 Å². The second-order valence-electron chi connectivity index (χ2n) is 5.79. The Morgan fingerprint density at radius 1 is 1.37 bits per heavy atom. The molecule has 1 aliphatic heterocycles. The first-order valence-electron chi connectivity index (χ1n) is 8.71. The molecule has 0 aliphatic carbocycles. The molecule has 0 amide bonds. The molecule has 0 aromatic heterocycles. The number of nitrogens with one attached hydrogen (secondary N) is 1. The molecule has 3 N–H and O–H groups in total. The molecule has 4 nitrogen and oxygen atoms in total. The highest BCUT2D eigenvalue weighted by Crippen LogP contribution is 2.25. The van der Waals surface area contributed by atoms with Crippen LogP contribution >= 0.6 is 11.8 Å². The minimum atomic E-state index is -3.59. The van der Waals surface area contributed by atoms with E-state index in [0.29, 0.717) is 6.42 Å². The van der Waals surface area contributed by atoms with E-state index >= 15 is 0 Å². The van der Waals surface area contributed by atoms with E-state index in [1.165, 1.54) is 18.0 Å². The molecule has 0 fully saturated rings. The average Bonchev–Trinajstić information content (AvgIpc) is 2.92. The highest BCUT2D eigenvalue weighted by Gasteiger charge is 2.18. The van der Waals surface area contributed by atoms with Gasteiger partial charge in [-0.1, -0.05) is 49.1 Å². The summed E-state index contributed by atoms with van der Waals surface area (Å²) in [5.74, 6) is 6.34. The van der Waals surface area contributed by atoms with Crippen molar-refractivity contribution in [3.8, 4) is 11.8 Å². The molecule has 0 saturated heterocycles. The zero-order valence-corrected chi connectivity index (χ0v) is 16.9. The van der Waals surface area contributed by atoms with Gasteiger partial charge in [-0.2, -0.15) is 0 Å². The van der Waals surface area contributed by atoms with Crippen LogP contribution in [0.1, 0.15) is 25.3 Å². The minimum absolute atomic E-state index is 0.0184. The van der Waals surface area contributed by atoms with Crippen molar-refractivity contribution in [2.75, 3.05) is 6.54 Å². The van der Waals surface area contributed by atoms with Crippen molar-refractivity contribution in [3.63, 3.8) is 0 Å². The molecule has 142 valence electrons. The van der Waals surface area contributed by atoms with E-state index in [-0.39, 0.29) is 16.7 Å². The van der Waals surface area contributed by atoms with Crippen molar-refractivity contribution < 1.29 is 8.42 Å². The zero-order valence-electron chi connectivity index (χ0n) is 15.3. The van der Waals surface area contributed by atoms with Crippen LogP contribution in [0.25, 0.3) is 0 Å². The third kappa shape index (κ3) is 7.14. The second-order valence-corrected chi connectivity index (χ2v) is 8.63. The van der Waals surface area contributed by atoms with Crippen LogP contribution in [-0.2, 0) is 10.0 Å². The molecule has 1 atom stereocenters. The van der Waals surface area contributed by atoms with Gasteiger partial charge in [-0.3, -0.25) is 0 Å². The molecule has 1 aliphatic rings. The summed E-state index contributed by atoms with van der Waals surface area (Å²) in [6.07, 6.45) is 10.0. The zero-order chi connectivity index (χ0) is 19.5. The molecule has 1 unspecified atom stereocenters. The molecule has 2 rings (SSSR count). The van der Waals surface area contributed by atoms with E-state index in [1.54, 1.807) is 17.6 Å². The highest BCUT2D eigenvalue weighted by molar-refractivity contribution is 8.04. The van der Waals surface area contributed by atoms with Crippen molar-refractivity contribution in [2.45, 2.75) is 25.0 Å². The smallest absolute Gasteiger partial charge is 0.241 e. The lowest BCUT2D eigenvalue weighted by molar-refractivity contribution is 0.592. The van der Waals surface area contributed by atoms with Gasteiger partial charge in [0.15, 0.2) is 0 Å². The highest BCUT2D eigenvalue weighted by atomic mass is 32.2. The summed E-state index contributed by atoms with van der Waals surface area (Å²) in [5.41, 5.74) is 7.20. The Hall–Kier alpha value is -2.20. The quantitative estimate of drug-likeness (QED) is 0.564. The topological polar surface area (TPSA) is 72.2 Å². The number of allylic oxidation sites excluding steroid dienone is 3. The number of benzene rings is 1. The summed E-state index contributed by atoms with van der Waals surface area (Å²) in [5, 5.41) is 1.68. The van der Waals surface area contributed by atoms with E-state index in [2.05, 4.69) is 16.6 Å². The predicted octanol–water partition coefficient (Wildman–Crippen LogP) is 3.67. The third-order valence-electron chi connectivity index (χ3n) is 3.69. The number of thioether (sulfide) groups is 1. The molecule has 1 aromatic rings. The van der Waals surface area contributed by atoms with Crippen LogP contribution in [0.2, 0.25) is 0 Å². The van der Waals surface area contributed by atoms with E-state index in [4.69, 9.17) is 5.73 Å². The lowest BCUT2D eigenvalue weighted by Gasteiger charge is -2.08. The van der Waals surface area contributed by atoms with E-state index in [0.717, 1.165) is 17.6 Å². The number of sulfonamides is 1. The fourth-order valence-electron chi connectivity index (χ4n) is 2.33. The first-order chi connectivity index (χ1) is 13.0. The number of hydrogen-bond donors (Lipinski definition) is 2. The minimum Gasteiger partial charge on any atom is -0.405 e. The molecule has 0 saturated carbocycles. The maximum Gasteiger partial charge on any atom is 0.241 e. The van der Waals surface area contributed by atoms with Gasteiger partial charge in [0, 0.05) is 12.1 Å². The molecule has 0 bridgehead atoms. The lowest BCUT2D eigenvalue weighted by Crippen LogP contribution is -2.26. The third-order valence-corrected chi connectivity index (χ3v) is 6.26. The Balaban J connectivity index is 2.05. The van der Waals surface area contributed by atoms with Gasteiger partial charge in [0.25, 0.3) is 0 Å². The van der Waals surface area contributed by atoms with Gasteiger partial charge in [-0.15, -0.1) is 11.8 Å². The van der Waals surface area contributed by atoms with E-state index in [9.17, 15) is 8.42 Å². The summed E-state index contributed by atoms with van der Waals surface area (Å²) in [7, 11) is -3.59. The van der Waals surface area contributed by atoms with Crippen LogP contribution in [0.5, 0.6) is 0 Å². The number of hydrogen-bond acceptors (Lipinski definition) is 4. The maximum absolute atomic E-state index is 12.6. The van der Waals surface area contributed by atoms with Gasteiger partial charge < -0.3 is 5.73 Å². The molecule has 1 aromatic carbocycles. The lowest BCUT2D eigenvalue weighted by atomic mass is 10.2. The van der Waals surface area contributed by atoms with Gasteiger partial charge in [0.2, 0.25) is 10.0 Å². The monoisotopic (exact) mass is 400 g/mol. The molecule has 1 heterocycles. The number of nitrogens with two attached hydrogens (primary N) is 1. The Morgan fingerprint density at radius 3 is 2.85 bits per heavy atom. The Morgan fingerprint density at radius 2 is 2.15 bits per heavy atom. The summed E-state index contributed by atoms with van der Waals surface area (Å²) < 4.78 is 27.8. The standard InChI is InChI=1S/C21H24N2O2S2/c1-2-7-19(14-15-22)16-23-27(24,25)21-11-6-10-20(26-17-21)13-12-18-8-4-3-5-9-18/h3-9,11,14-15,17,20,23H,2,10,16,22H2,1H3/b15-14-,19-7+. The van der Waals surface area contributed by atoms with Crippen LogP contribution in [-0.4, -0.2) is 20.2 Å². The van der Waals surface area contributed by atoms with E-state index < -0.39 is 10.0 Å². The SMILES string of the molecule is CC/C=C(\C=C/N)CNS(=O)(=O)C1=CSC(C#Cc2ccccc2)CC=C1. The summed E-state index contributed by atoms with van der Waals surface area (Å²) in [6, 6.07) is 9.75. The second kappa shape index (κ2) is 10.8. The number of rotatable bonds is 6. The fourth-order valence-corrected chi connectivity index (χ4v) is 4.53. The van der Waals surface area contributed by atoms with Crippen molar-refractivity contribution in [1.82, 2.24) is 4.72 Å². The first-order valence-corrected chi connectivity index (χ1v) is 11.1. The van der Waals surface area contributed by atoms with Gasteiger partial charge in [-0.25, -0.2) is 13.1 Å². The summed E-state index contributed by atoms with van der Waals surface area (Å²) >= 11 is 1.43. The normalized spacial score (nSPS) is 17.9. The van der Waals surface area contributed by atoms with Gasteiger partial charge in [0.05, 0.1) is 10.2 Å². The van der Waals surface area contributed by atoms with Crippen molar-refractivity contribution in [2.24, 2.45) is 5.73 Å². The molecule has 6 heteroatoms. The molecule has 27 heavy (non-hydrogen) atoms. The van der Waals surface area contributed by atoms with E-state index in [1.807, 2.05) is 49.4 Å². The fraction of sp³-hybridized carbons (Fsp3) is 0.238. The van der Waals surface area contributed by atoms with Crippen LogP contribution in [0.3, 0.4) is 0 Å². The maximum atomic E-state index is 12.6. The Kier molecular flexibility index (Phi) is 8.46. The van der Waals surface area contributed by atoms with Gasteiger partial charge >= 0.3 is 0 Å². The molecular formula is C21H24N2O2S2. The average molecular weight is 401 g/mol. The van der Waals surface area contributed by atoms with Crippen LogP contribution < -0.4 is 10.5 Å². The Bertz CT molecular complexity index is 902. The largest absolute Gasteiger partial charge is 0.405 e. The van der Waals surface area contributed by atoms with Crippen molar-refractivity contribution in [1.29, 1.82) is 0 Å². The predicted molar refractivity (Wildman–Crippen MR) is 115 cm³/mol. The van der Waals surface area contributed by atoms with Crippen LogP contribution in [0, 0.1) is 11.8 Å². The van der Waals surface area contributed by atoms with Gasteiger partial charge in [-0.05, 0) is 54.3 Å². The summed E-state index contributed by atoms with van der Waals surface area (Å²) in [4.78, 5) is 0.254. The molecular weight excluding hydrogens is 376 g/mol. The molecule has 0 radical (unpaired) electrons.